The zero-order chi connectivity index (χ0) is 20.1. The van der Waals surface area contributed by atoms with Crippen LogP contribution < -0.4 is 5.32 Å². The van der Waals surface area contributed by atoms with Crippen LogP contribution in [0.25, 0.3) is 5.69 Å². The lowest BCUT2D eigenvalue weighted by Crippen LogP contribution is -2.16. The zero-order valence-electron chi connectivity index (χ0n) is 16.2. The fourth-order valence-corrected chi connectivity index (χ4v) is 6.14. The van der Waals surface area contributed by atoms with Crippen LogP contribution in [0.1, 0.15) is 44.2 Å². The standard InChI is InChI=1S/C20H23N5OS3/c1-2-27-19-22-23-20(29-19)28-13-18(26)21-17-12-16(14-8-6-7-9-14)24-25(17)15-10-4-3-5-11-15/h3-5,10-12,14H,2,6-9,13H2,1H3,(H,21,26). The maximum atomic E-state index is 12.6. The van der Waals surface area contributed by atoms with Crippen LogP contribution in [0.2, 0.25) is 0 Å². The normalized spacial score (nSPS) is 14.4. The molecule has 0 bridgehead atoms. The van der Waals surface area contributed by atoms with E-state index in [9.17, 15) is 4.79 Å². The van der Waals surface area contributed by atoms with Gasteiger partial charge >= 0.3 is 0 Å². The molecule has 0 radical (unpaired) electrons. The Morgan fingerprint density at radius 1 is 1.17 bits per heavy atom. The Bertz CT molecular complexity index is 950. The summed E-state index contributed by atoms with van der Waals surface area (Å²) in [4.78, 5) is 12.6. The molecule has 1 aliphatic carbocycles. The Kier molecular flexibility index (Phi) is 6.89. The third-order valence-corrected chi connectivity index (χ3v) is 7.82. The van der Waals surface area contributed by atoms with Crippen LogP contribution in [0, 0.1) is 0 Å². The predicted molar refractivity (Wildman–Crippen MR) is 120 cm³/mol. The fourth-order valence-electron chi connectivity index (χ4n) is 3.42. The van der Waals surface area contributed by atoms with Gasteiger partial charge in [-0.15, -0.1) is 10.2 Å². The summed E-state index contributed by atoms with van der Waals surface area (Å²) in [5.41, 5.74) is 2.02. The SMILES string of the molecule is CCSc1nnc(SCC(=O)Nc2cc(C3CCCC3)nn2-c2ccccc2)s1. The number of anilines is 1. The van der Waals surface area contributed by atoms with Gasteiger partial charge in [-0.05, 0) is 30.7 Å². The molecule has 1 amide bonds. The van der Waals surface area contributed by atoms with Crippen molar-refractivity contribution in [3.63, 3.8) is 0 Å². The molecule has 9 heteroatoms. The van der Waals surface area contributed by atoms with E-state index in [4.69, 9.17) is 5.10 Å². The second-order valence-corrected chi connectivity index (χ2v) is 10.5. The van der Waals surface area contributed by atoms with Gasteiger partial charge in [-0.25, -0.2) is 4.68 Å². The first-order chi connectivity index (χ1) is 14.2. The summed E-state index contributed by atoms with van der Waals surface area (Å²) in [6.45, 7) is 2.09. The van der Waals surface area contributed by atoms with Crippen molar-refractivity contribution in [3.05, 3.63) is 42.1 Å². The number of amides is 1. The third-order valence-electron chi connectivity index (χ3n) is 4.75. The van der Waals surface area contributed by atoms with Gasteiger partial charge in [0, 0.05) is 12.0 Å². The minimum Gasteiger partial charge on any atom is -0.310 e. The highest BCUT2D eigenvalue weighted by molar-refractivity contribution is 8.03. The highest BCUT2D eigenvalue weighted by atomic mass is 32.2. The fraction of sp³-hybridized carbons (Fsp3) is 0.400. The molecule has 1 saturated carbocycles. The van der Waals surface area contributed by atoms with Crippen molar-refractivity contribution in [1.82, 2.24) is 20.0 Å². The Morgan fingerprint density at radius 3 is 2.62 bits per heavy atom. The van der Waals surface area contributed by atoms with Crippen molar-refractivity contribution < 1.29 is 4.79 Å². The Hall–Kier alpha value is -1.84. The minimum absolute atomic E-state index is 0.0649. The molecule has 29 heavy (non-hydrogen) atoms. The first kappa shape index (κ1) is 20.4. The first-order valence-electron chi connectivity index (χ1n) is 9.77. The highest BCUT2D eigenvalue weighted by Gasteiger charge is 2.22. The molecule has 0 saturated heterocycles. The van der Waals surface area contributed by atoms with Crippen LogP contribution in [-0.4, -0.2) is 37.4 Å². The zero-order valence-corrected chi connectivity index (χ0v) is 18.7. The van der Waals surface area contributed by atoms with E-state index in [0.29, 0.717) is 11.7 Å². The molecular weight excluding hydrogens is 422 g/mol. The largest absolute Gasteiger partial charge is 0.310 e. The van der Waals surface area contributed by atoms with Gasteiger partial charge in [-0.1, -0.05) is 72.8 Å². The Balaban J connectivity index is 1.46. The maximum absolute atomic E-state index is 12.6. The van der Waals surface area contributed by atoms with Crippen LogP contribution in [-0.2, 0) is 4.79 Å². The van der Waals surface area contributed by atoms with Crippen LogP contribution >= 0.6 is 34.9 Å². The quantitative estimate of drug-likeness (QED) is 0.479. The topological polar surface area (TPSA) is 72.7 Å². The molecule has 0 spiro atoms. The van der Waals surface area contributed by atoms with E-state index < -0.39 is 0 Å². The van der Waals surface area contributed by atoms with Gasteiger partial charge in [0.25, 0.3) is 0 Å². The van der Waals surface area contributed by atoms with Crippen molar-refractivity contribution in [3.8, 4) is 5.69 Å². The minimum atomic E-state index is -0.0649. The second kappa shape index (κ2) is 9.77. The predicted octanol–water partition coefficient (Wildman–Crippen LogP) is 5.22. The van der Waals surface area contributed by atoms with Gasteiger partial charge in [0.2, 0.25) is 5.91 Å². The number of hydrogen-bond donors (Lipinski definition) is 1. The number of carbonyl (C=O) groups excluding carboxylic acids is 1. The van der Waals surface area contributed by atoms with Crippen molar-refractivity contribution in [2.24, 2.45) is 0 Å². The van der Waals surface area contributed by atoms with Crippen molar-refractivity contribution in [2.75, 3.05) is 16.8 Å². The van der Waals surface area contributed by atoms with Gasteiger partial charge in [-0.3, -0.25) is 4.79 Å². The molecule has 2 aromatic heterocycles. The number of benzene rings is 1. The smallest absolute Gasteiger partial charge is 0.235 e. The Morgan fingerprint density at radius 2 is 1.90 bits per heavy atom. The van der Waals surface area contributed by atoms with Crippen LogP contribution in [0.4, 0.5) is 5.82 Å². The molecule has 3 aromatic rings. The number of carbonyl (C=O) groups is 1. The summed E-state index contributed by atoms with van der Waals surface area (Å²) >= 11 is 4.62. The molecule has 6 nitrogen and oxygen atoms in total. The molecule has 152 valence electrons. The van der Waals surface area contributed by atoms with Gasteiger partial charge in [0.1, 0.15) is 5.82 Å². The van der Waals surface area contributed by atoms with Gasteiger partial charge < -0.3 is 5.32 Å². The summed E-state index contributed by atoms with van der Waals surface area (Å²) in [6.07, 6.45) is 4.84. The molecule has 0 atom stereocenters. The molecule has 0 aliphatic heterocycles. The van der Waals surface area contributed by atoms with E-state index in [2.05, 4.69) is 22.4 Å². The Labute approximate surface area is 182 Å². The number of thioether (sulfide) groups is 2. The lowest BCUT2D eigenvalue weighted by Gasteiger charge is -2.08. The number of rotatable bonds is 8. The number of aromatic nitrogens is 4. The third kappa shape index (κ3) is 5.21. The maximum Gasteiger partial charge on any atom is 0.235 e. The molecule has 1 N–H and O–H groups in total. The molecule has 0 unspecified atom stereocenters. The van der Waals surface area contributed by atoms with Crippen LogP contribution in [0.3, 0.4) is 0 Å². The van der Waals surface area contributed by atoms with Gasteiger partial charge in [-0.2, -0.15) is 5.10 Å². The lowest BCUT2D eigenvalue weighted by molar-refractivity contribution is -0.113. The highest BCUT2D eigenvalue weighted by Crippen LogP contribution is 2.35. The summed E-state index contributed by atoms with van der Waals surface area (Å²) in [6, 6.07) is 12.0. The molecule has 1 aromatic carbocycles. The van der Waals surface area contributed by atoms with Crippen LogP contribution in [0.15, 0.2) is 45.1 Å². The molecule has 2 heterocycles. The van der Waals surface area contributed by atoms with Crippen molar-refractivity contribution in [1.29, 1.82) is 0 Å². The van der Waals surface area contributed by atoms with E-state index in [1.807, 2.05) is 41.1 Å². The molecule has 1 fully saturated rings. The first-order valence-corrected chi connectivity index (χ1v) is 12.6. The van der Waals surface area contributed by atoms with Crippen LogP contribution in [0.5, 0.6) is 0 Å². The van der Waals surface area contributed by atoms with Crippen molar-refractivity contribution >= 4 is 46.6 Å². The molecule has 1 aliphatic rings. The number of para-hydroxylation sites is 1. The van der Waals surface area contributed by atoms with E-state index in [0.717, 1.165) is 31.6 Å². The van der Waals surface area contributed by atoms with Gasteiger partial charge in [0.05, 0.1) is 17.1 Å². The number of nitrogens with one attached hydrogen (secondary N) is 1. The average Bonchev–Trinajstić information content (AvgIpc) is 3.48. The average molecular weight is 446 g/mol. The summed E-state index contributed by atoms with van der Waals surface area (Å²) in [5, 5.41) is 16.2. The van der Waals surface area contributed by atoms with E-state index in [-0.39, 0.29) is 5.91 Å². The number of nitrogens with zero attached hydrogens (tertiary/aromatic N) is 4. The second-order valence-electron chi connectivity index (χ2n) is 6.79. The summed E-state index contributed by atoms with van der Waals surface area (Å²) in [7, 11) is 0. The molecule has 4 rings (SSSR count). The lowest BCUT2D eigenvalue weighted by atomic mass is 10.0. The van der Waals surface area contributed by atoms with E-state index in [1.165, 1.54) is 48.8 Å². The van der Waals surface area contributed by atoms with E-state index in [1.54, 1.807) is 11.8 Å². The monoisotopic (exact) mass is 445 g/mol. The van der Waals surface area contributed by atoms with Gasteiger partial charge in [0.15, 0.2) is 8.68 Å². The number of hydrogen-bond acceptors (Lipinski definition) is 7. The summed E-state index contributed by atoms with van der Waals surface area (Å²) in [5.74, 6) is 2.41. The van der Waals surface area contributed by atoms with Crippen molar-refractivity contribution in [2.45, 2.75) is 47.2 Å². The van der Waals surface area contributed by atoms with E-state index >= 15 is 0 Å². The molecular formula is C20H23N5OS3. The summed E-state index contributed by atoms with van der Waals surface area (Å²) < 4.78 is 3.61.